The first-order valence-corrected chi connectivity index (χ1v) is 7.34. The first-order valence-electron chi connectivity index (χ1n) is 7.34. The number of hydrogen-bond acceptors (Lipinski definition) is 4. The fourth-order valence-electron chi connectivity index (χ4n) is 2.03. The van der Waals surface area contributed by atoms with E-state index in [0.717, 1.165) is 31.0 Å². The summed E-state index contributed by atoms with van der Waals surface area (Å²) in [5, 5.41) is 12.3. The minimum Gasteiger partial charge on any atom is -0.311 e. The van der Waals surface area contributed by atoms with E-state index in [-0.39, 0.29) is 5.54 Å². The molecular weight excluding hydrogens is 262 g/mol. The maximum Gasteiger partial charge on any atom is 0.0971 e. The Morgan fingerprint density at radius 2 is 1.90 bits per heavy atom. The summed E-state index contributed by atoms with van der Waals surface area (Å²) >= 11 is 0. The van der Waals surface area contributed by atoms with Crippen LogP contribution in [0.1, 0.15) is 26.5 Å². The van der Waals surface area contributed by atoms with Crippen molar-refractivity contribution in [1.29, 1.82) is 0 Å². The van der Waals surface area contributed by atoms with E-state index in [1.54, 1.807) is 4.80 Å². The van der Waals surface area contributed by atoms with Crippen LogP contribution in [0.4, 0.5) is 0 Å². The minimum absolute atomic E-state index is 0.164. The van der Waals surface area contributed by atoms with Crippen LogP contribution < -0.4 is 5.32 Å². The quantitative estimate of drug-likeness (QED) is 0.883. The molecule has 0 atom stereocenters. The van der Waals surface area contributed by atoms with Crippen molar-refractivity contribution >= 4 is 0 Å². The predicted molar refractivity (Wildman–Crippen MR) is 85.4 cm³/mol. The average Bonchev–Trinajstić information content (AvgIpc) is 2.86. The monoisotopic (exact) mass is 287 g/mol. The van der Waals surface area contributed by atoms with Crippen molar-refractivity contribution in [3.63, 3.8) is 0 Å². The Morgan fingerprint density at radius 3 is 2.57 bits per heavy atom. The largest absolute Gasteiger partial charge is 0.311 e. The molecule has 5 nitrogen and oxygen atoms in total. The zero-order chi connectivity index (χ0) is 15.3. The Balaban J connectivity index is 1.85. The van der Waals surface area contributed by atoms with Gasteiger partial charge in [-0.05, 0) is 40.0 Å². The Kier molecular flexibility index (Phi) is 5.09. The van der Waals surface area contributed by atoms with Crippen molar-refractivity contribution in [3.05, 3.63) is 42.2 Å². The molecule has 1 aromatic carbocycles. The molecule has 0 fully saturated rings. The van der Waals surface area contributed by atoms with Crippen LogP contribution in [0.3, 0.4) is 0 Å². The van der Waals surface area contributed by atoms with Crippen LogP contribution in [0.25, 0.3) is 5.69 Å². The molecule has 0 unspecified atom stereocenters. The second-order valence-electron chi connectivity index (χ2n) is 6.38. The van der Waals surface area contributed by atoms with Crippen LogP contribution in [0.5, 0.6) is 0 Å². The molecule has 1 heterocycles. The maximum atomic E-state index is 4.52. The first-order chi connectivity index (χ1) is 9.94. The third-order valence-corrected chi connectivity index (χ3v) is 3.11. The molecule has 0 aliphatic rings. The number of nitrogens with one attached hydrogen (secondary N) is 1. The van der Waals surface area contributed by atoms with Gasteiger partial charge in [-0.25, -0.2) is 0 Å². The summed E-state index contributed by atoms with van der Waals surface area (Å²) in [5.41, 5.74) is 2.13. The van der Waals surface area contributed by atoms with Gasteiger partial charge in [-0.15, -0.1) is 0 Å². The van der Waals surface area contributed by atoms with Gasteiger partial charge in [0, 0.05) is 25.2 Å². The fourth-order valence-corrected chi connectivity index (χ4v) is 2.03. The van der Waals surface area contributed by atoms with Gasteiger partial charge in [0.05, 0.1) is 17.6 Å². The van der Waals surface area contributed by atoms with E-state index in [4.69, 9.17) is 0 Å². The lowest BCUT2D eigenvalue weighted by molar-refractivity contribution is 0.300. The van der Waals surface area contributed by atoms with E-state index in [1.807, 2.05) is 36.5 Å². The number of nitrogens with zero attached hydrogens (tertiary/aromatic N) is 4. The number of rotatable bonds is 6. The second kappa shape index (κ2) is 6.83. The van der Waals surface area contributed by atoms with E-state index in [2.05, 4.69) is 48.2 Å². The van der Waals surface area contributed by atoms with Crippen molar-refractivity contribution in [2.75, 3.05) is 20.1 Å². The molecule has 0 saturated heterocycles. The number of likely N-dealkylation sites (N-methyl/N-ethyl adjacent to an activating group) is 1. The van der Waals surface area contributed by atoms with Gasteiger partial charge in [0.15, 0.2) is 0 Å². The molecular formula is C16H25N5. The summed E-state index contributed by atoms with van der Waals surface area (Å²) in [5.74, 6) is 0. The molecule has 2 rings (SSSR count). The van der Waals surface area contributed by atoms with Crippen LogP contribution in [0.15, 0.2) is 36.5 Å². The lowest BCUT2D eigenvalue weighted by Crippen LogP contribution is -2.40. The van der Waals surface area contributed by atoms with E-state index < -0.39 is 0 Å². The molecule has 0 radical (unpaired) electrons. The standard InChI is InChI=1S/C16H25N5/c1-16(2,3)17-10-11-20(4)13-14-12-18-21(19-14)15-8-6-5-7-9-15/h5-9,12,17H,10-11,13H2,1-4H3. The lowest BCUT2D eigenvalue weighted by atomic mass is 10.1. The van der Waals surface area contributed by atoms with Gasteiger partial charge < -0.3 is 5.32 Å². The van der Waals surface area contributed by atoms with Crippen molar-refractivity contribution in [1.82, 2.24) is 25.2 Å². The molecule has 21 heavy (non-hydrogen) atoms. The number of hydrogen-bond donors (Lipinski definition) is 1. The molecule has 0 aliphatic heterocycles. The summed E-state index contributed by atoms with van der Waals surface area (Å²) in [4.78, 5) is 3.93. The molecule has 0 amide bonds. The normalized spacial score (nSPS) is 12.0. The third kappa shape index (κ3) is 5.28. The molecule has 2 aromatic rings. The summed E-state index contributed by atoms with van der Waals surface area (Å²) < 4.78 is 0. The summed E-state index contributed by atoms with van der Waals surface area (Å²) in [6.45, 7) is 9.29. The number of aromatic nitrogens is 3. The maximum absolute atomic E-state index is 4.52. The van der Waals surface area contributed by atoms with Gasteiger partial charge in [0.1, 0.15) is 0 Å². The molecule has 114 valence electrons. The molecule has 0 saturated carbocycles. The highest BCUT2D eigenvalue weighted by Crippen LogP contribution is 2.05. The summed E-state index contributed by atoms with van der Waals surface area (Å²) in [7, 11) is 2.10. The van der Waals surface area contributed by atoms with E-state index >= 15 is 0 Å². The highest BCUT2D eigenvalue weighted by Gasteiger charge is 2.10. The van der Waals surface area contributed by atoms with Crippen LogP contribution in [-0.4, -0.2) is 45.6 Å². The van der Waals surface area contributed by atoms with E-state index in [1.165, 1.54) is 0 Å². The van der Waals surface area contributed by atoms with Crippen LogP contribution >= 0.6 is 0 Å². The van der Waals surface area contributed by atoms with E-state index in [9.17, 15) is 0 Å². The van der Waals surface area contributed by atoms with Crippen LogP contribution in [0, 0.1) is 0 Å². The summed E-state index contributed by atoms with van der Waals surface area (Å²) in [6, 6.07) is 9.97. The Hall–Kier alpha value is -1.72. The average molecular weight is 287 g/mol. The molecule has 5 heteroatoms. The zero-order valence-corrected chi connectivity index (χ0v) is 13.4. The lowest BCUT2D eigenvalue weighted by Gasteiger charge is -2.23. The molecule has 0 spiro atoms. The summed E-state index contributed by atoms with van der Waals surface area (Å²) in [6.07, 6.45) is 1.83. The van der Waals surface area contributed by atoms with Crippen LogP contribution in [-0.2, 0) is 6.54 Å². The van der Waals surface area contributed by atoms with Gasteiger partial charge in [-0.1, -0.05) is 18.2 Å². The molecule has 1 N–H and O–H groups in total. The van der Waals surface area contributed by atoms with Crippen molar-refractivity contribution in [2.24, 2.45) is 0 Å². The predicted octanol–water partition coefficient (Wildman–Crippen LogP) is 2.09. The Bertz CT molecular complexity index is 541. The highest BCUT2D eigenvalue weighted by atomic mass is 15.5. The number of benzene rings is 1. The number of para-hydroxylation sites is 1. The van der Waals surface area contributed by atoms with E-state index in [0.29, 0.717) is 0 Å². The topological polar surface area (TPSA) is 46.0 Å². The first kappa shape index (κ1) is 15.7. The highest BCUT2D eigenvalue weighted by molar-refractivity contribution is 5.28. The van der Waals surface area contributed by atoms with Gasteiger partial charge in [-0.3, -0.25) is 4.90 Å². The zero-order valence-electron chi connectivity index (χ0n) is 13.4. The van der Waals surface area contributed by atoms with Gasteiger partial charge in [0.2, 0.25) is 0 Å². The van der Waals surface area contributed by atoms with Crippen LogP contribution in [0.2, 0.25) is 0 Å². The fraction of sp³-hybridized carbons (Fsp3) is 0.500. The van der Waals surface area contributed by atoms with Crippen molar-refractivity contribution in [2.45, 2.75) is 32.9 Å². The Labute approximate surface area is 127 Å². The van der Waals surface area contributed by atoms with Crippen molar-refractivity contribution < 1.29 is 0 Å². The van der Waals surface area contributed by atoms with Gasteiger partial charge >= 0.3 is 0 Å². The van der Waals surface area contributed by atoms with Crippen molar-refractivity contribution in [3.8, 4) is 5.69 Å². The van der Waals surface area contributed by atoms with Gasteiger partial charge in [-0.2, -0.15) is 15.0 Å². The minimum atomic E-state index is 0.164. The molecule has 0 bridgehead atoms. The SMILES string of the molecule is CN(CCNC(C)(C)C)Cc1cnn(-c2ccccc2)n1. The second-order valence-corrected chi connectivity index (χ2v) is 6.38. The Morgan fingerprint density at radius 1 is 1.19 bits per heavy atom. The smallest absolute Gasteiger partial charge is 0.0971 e. The molecule has 0 aliphatic carbocycles. The van der Waals surface area contributed by atoms with Gasteiger partial charge in [0.25, 0.3) is 0 Å². The molecule has 1 aromatic heterocycles. The third-order valence-electron chi connectivity index (χ3n) is 3.11.